The summed E-state index contributed by atoms with van der Waals surface area (Å²) in [6.07, 6.45) is -3.69. The molecule has 1 aliphatic rings. The van der Waals surface area contributed by atoms with Crippen molar-refractivity contribution in [3.8, 4) is 0 Å². The molecule has 0 spiro atoms. The minimum Gasteiger partial charge on any atom is -0.408 e. The number of amides is 2. The first-order valence-electron chi connectivity index (χ1n) is 13.2. The number of rotatable bonds is 10. The Morgan fingerprint density at radius 3 is 2.32 bits per heavy atom. The summed E-state index contributed by atoms with van der Waals surface area (Å²) in [6.45, 7) is 15.7. The molecule has 2 amide bonds. The number of ether oxygens (including phenoxy) is 1. The minimum absolute atomic E-state index is 0.0420. The number of nitrogens with zero attached hydrogens (tertiary/aromatic N) is 3. The van der Waals surface area contributed by atoms with Gasteiger partial charge in [0.2, 0.25) is 17.8 Å². The lowest BCUT2D eigenvalue weighted by molar-refractivity contribution is -0.122. The number of aromatic amines is 1. The van der Waals surface area contributed by atoms with Gasteiger partial charge < -0.3 is 14.3 Å². The van der Waals surface area contributed by atoms with E-state index in [1.807, 2.05) is 38.6 Å². The van der Waals surface area contributed by atoms with Crippen molar-refractivity contribution in [3.63, 3.8) is 0 Å². The zero-order chi connectivity index (χ0) is 31.1. The van der Waals surface area contributed by atoms with E-state index in [9.17, 15) is 27.9 Å². The number of carbonyl (C=O) groups is 2. The maximum Gasteiger partial charge on any atom is 0.362 e. The average molecular weight is 617 g/mol. The second-order valence-electron chi connectivity index (χ2n) is 12.1. The zero-order valence-corrected chi connectivity index (χ0v) is 26.5. The molecule has 4 atom stereocenters. The van der Waals surface area contributed by atoms with Crippen LogP contribution in [0.3, 0.4) is 0 Å². The Balaban J connectivity index is 2.14. The van der Waals surface area contributed by atoms with Crippen molar-refractivity contribution in [2.45, 2.75) is 91.1 Å². The van der Waals surface area contributed by atoms with Gasteiger partial charge in [-0.1, -0.05) is 48.5 Å². The van der Waals surface area contributed by atoms with Gasteiger partial charge in [0.1, 0.15) is 12.2 Å². The van der Waals surface area contributed by atoms with E-state index in [0.717, 1.165) is 0 Å². The quantitative estimate of drug-likeness (QED) is 0.281. The first kappa shape index (κ1) is 32.8. The Hall–Kier alpha value is -2.70. The fraction of sp³-hybridized carbons (Fsp3) is 0.708. The molecule has 0 aromatic carbocycles. The van der Waals surface area contributed by atoms with Crippen molar-refractivity contribution in [1.82, 2.24) is 24.2 Å². The van der Waals surface area contributed by atoms with E-state index in [-0.39, 0.29) is 22.2 Å². The number of aromatic nitrogens is 4. The second kappa shape index (κ2) is 11.9. The third-order valence-electron chi connectivity index (χ3n) is 7.16. The van der Waals surface area contributed by atoms with Crippen LogP contribution in [0.25, 0.3) is 11.2 Å². The van der Waals surface area contributed by atoms with Crippen molar-refractivity contribution in [2.24, 2.45) is 11.8 Å². The molecule has 2 aromatic heterocycles. The van der Waals surface area contributed by atoms with Gasteiger partial charge in [-0.2, -0.15) is 13.4 Å². The van der Waals surface area contributed by atoms with Crippen molar-refractivity contribution >= 4 is 47.5 Å². The number of carbonyl (C=O) groups excluding carboxylic acids is 2. The highest BCUT2D eigenvalue weighted by atomic mass is 32.2. The van der Waals surface area contributed by atoms with Crippen molar-refractivity contribution in [3.05, 3.63) is 16.7 Å². The van der Waals surface area contributed by atoms with Crippen LogP contribution in [-0.4, -0.2) is 78.1 Å². The summed E-state index contributed by atoms with van der Waals surface area (Å²) < 4.78 is 47.3. The number of nitrogens with one attached hydrogen (secondary N) is 3. The number of anilines is 1. The molecule has 230 valence electrons. The molecule has 0 radical (unpaired) electrons. The lowest BCUT2D eigenvalue weighted by Crippen LogP contribution is -2.51. The third-order valence-corrected chi connectivity index (χ3v) is 12.6. The van der Waals surface area contributed by atoms with Crippen LogP contribution in [0.4, 0.5) is 5.95 Å². The maximum atomic E-state index is 13.0. The highest BCUT2D eigenvalue weighted by Gasteiger charge is 2.53. The van der Waals surface area contributed by atoms with Gasteiger partial charge in [-0.05, 0) is 18.1 Å². The van der Waals surface area contributed by atoms with Gasteiger partial charge >= 0.3 is 10.3 Å². The first-order chi connectivity index (χ1) is 18.8. The topological polar surface area (TPSA) is 204 Å². The molecule has 0 bridgehead atoms. The summed E-state index contributed by atoms with van der Waals surface area (Å²) in [5.74, 6) is -2.38. The Morgan fingerprint density at radius 2 is 1.78 bits per heavy atom. The molecule has 17 heteroatoms. The Kier molecular flexibility index (Phi) is 9.51. The van der Waals surface area contributed by atoms with Crippen LogP contribution < -0.4 is 15.6 Å². The summed E-state index contributed by atoms with van der Waals surface area (Å²) in [4.78, 5) is 48.1. The number of aliphatic hydroxyl groups is 1. The predicted molar refractivity (Wildman–Crippen MR) is 151 cm³/mol. The molecule has 1 saturated heterocycles. The van der Waals surface area contributed by atoms with Crippen LogP contribution in [0.1, 0.15) is 54.7 Å². The highest BCUT2D eigenvalue weighted by Crippen LogP contribution is 2.42. The molecule has 1 fully saturated rings. The lowest BCUT2D eigenvalue weighted by Gasteiger charge is -2.40. The fourth-order valence-electron chi connectivity index (χ4n) is 3.68. The number of hydrogen-bond donors (Lipinski definition) is 4. The summed E-state index contributed by atoms with van der Waals surface area (Å²) in [5, 5.41) is 12.4. The fourth-order valence-corrected chi connectivity index (χ4v) is 6.03. The molecule has 4 N–H and O–H groups in total. The minimum atomic E-state index is -4.69. The third kappa shape index (κ3) is 7.21. The van der Waals surface area contributed by atoms with Crippen LogP contribution in [0.2, 0.25) is 18.1 Å². The molecule has 3 heterocycles. The largest absolute Gasteiger partial charge is 0.408 e. The van der Waals surface area contributed by atoms with Gasteiger partial charge in [0.15, 0.2) is 31.8 Å². The number of imidazole rings is 1. The van der Waals surface area contributed by atoms with E-state index in [2.05, 4.69) is 20.3 Å². The standard InChI is InChI=1S/C24H40N6O9SSi/c1-12(2)19(32)27-23-26-18-15(21(34)28-23)25-11-30(18)22-17(38-40(35,36)29-20(33)13(3)4)16(14(10-31)37-22)39-41(8,9)24(5,6)7/h11-14,16-17,22,31H,10H2,1-9H3,(H,29,33)(H2,26,27,28,32,34). The number of H-pyrrole nitrogens is 1. The van der Waals surface area contributed by atoms with E-state index in [1.54, 1.807) is 13.8 Å². The normalized spacial score (nSPS) is 22.0. The predicted octanol–water partition coefficient (Wildman–Crippen LogP) is 1.40. The first-order valence-corrected chi connectivity index (χ1v) is 17.6. The second-order valence-corrected chi connectivity index (χ2v) is 18.2. The summed E-state index contributed by atoms with van der Waals surface area (Å²) in [7, 11) is -7.30. The molecular formula is C24H40N6O9SSi. The molecule has 3 rings (SSSR count). The van der Waals surface area contributed by atoms with Gasteiger partial charge in [-0.3, -0.25) is 29.3 Å². The Labute approximate surface area is 239 Å². The molecule has 0 saturated carbocycles. The molecule has 2 aromatic rings. The average Bonchev–Trinajstić information content (AvgIpc) is 3.39. The van der Waals surface area contributed by atoms with Gasteiger partial charge in [-0.25, -0.2) is 13.9 Å². The van der Waals surface area contributed by atoms with Crippen molar-refractivity contribution in [1.29, 1.82) is 0 Å². The molecule has 4 unspecified atom stereocenters. The summed E-state index contributed by atoms with van der Waals surface area (Å²) >= 11 is 0. The Morgan fingerprint density at radius 1 is 1.17 bits per heavy atom. The lowest BCUT2D eigenvalue weighted by atomic mass is 10.1. The van der Waals surface area contributed by atoms with Gasteiger partial charge in [0.25, 0.3) is 5.56 Å². The number of fused-ring (bicyclic) bond motifs is 1. The van der Waals surface area contributed by atoms with Crippen molar-refractivity contribution < 1.29 is 36.5 Å². The van der Waals surface area contributed by atoms with E-state index < -0.39 is 79.0 Å². The van der Waals surface area contributed by atoms with E-state index in [1.165, 1.54) is 24.7 Å². The van der Waals surface area contributed by atoms with E-state index in [0.29, 0.717) is 0 Å². The zero-order valence-electron chi connectivity index (χ0n) is 24.7. The maximum absolute atomic E-state index is 13.0. The van der Waals surface area contributed by atoms with Crippen LogP contribution in [-0.2, 0) is 33.2 Å². The molecule has 15 nitrogen and oxygen atoms in total. The molecular weight excluding hydrogens is 576 g/mol. The SMILES string of the molecule is CC(C)C(=O)Nc1nc2c(ncn2C2OC(CO)C(O[Si](C)(C)C(C)(C)C)C2OS(=O)(=O)NC(=O)C(C)C)c(=O)[nH]1. The van der Waals surface area contributed by atoms with Gasteiger partial charge in [-0.15, -0.1) is 0 Å². The van der Waals surface area contributed by atoms with E-state index >= 15 is 0 Å². The van der Waals surface area contributed by atoms with E-state index in [4.69, 9.17) is 13.3 Å². The highest BCUT2D eigenvalue weighted by molar-refractivity contribution is 7.85. The van der Waals surface area contributed by atoms with Crippen LogP contribution in [0, 0.1) is 11.8 Å². The smallest absolute Gasteiger partial charge is 0.362 e. The van der Waals surface area contributed by atoms with Crippen LogP contribution in [0.15, 0.2) is 11.1 Å². The molecule has 1 aliphatic heterocycles. The van der Waals surface area contributed by atoms with Crippen LogP contribution in [0.5, 0.6) is 0 Å². The monoisotopic (exact) mass is 616 g/mol. The van der Waals surface area contributed by atoms with Crippen molar-refractivity contribution in [2.75, 3.05) is 11.9 Å². The summed E-state index contributed by atoms with van der Waals surface area (Å²) in [6, 6.07) is 0. The molecule has 0 aliphatic carbocycles. The van der Waals surface area contributed by atoms with Gasteiger partial charge in [0.05, 0.1) is 12.9 Å². The number of aliphatic hydroxyl groups excluding tert-OH is 1. The summed E-state index contributed by atoms with van der Waals surface area (Å²) in [5.41, 5.74) is -0.812. The number of hydrogen-bond acceptors (Lipinski definition) is 11. The molecule has 41 heavy (non-hydrogen) atoms. The van der Waals surface area contributed by atoms with Gasteiger partial charge in [0, 0.05) is 11.8 Å². The Bertz CT molecular complexity index is 1450. The van der Waals surface area contributed by atoms with Crippen LogP contribution >= 0.6 is 0 Å².